The summed E-state index contributed by atoms with van der Waals surface area (Å²) < 4.78 is 36.5. The Bertz CT molecular complexity index is 586. The minimum Gasteiger partial charge on any atom is -0.466 e. The number of fused-ring (bicyclic) bond motifs is 1. The number of hydrogen-bond acceptors (Lipinski definition) is 5. The molecule has 0 aromatic carbocycles. The van der Waals surface area contributed by atoms with Crippen LogP contribution in [0, 0.1) is 11.8 Å². The summed E-state index contributed by atoms with van der Waals surface area (Å²) in [6, 6.07) is -0.135. The predicted octanol–water partition coefficient (Wildman–Crippen LogP) is 0.543. The number of rotatable bonds is 3. The molecule has 2 bridgehead atoms. The molecule has 0 radical (unpaired) electrons. The molecule has 1 spiro atoms. The second-order valence-corrected chi connectivity index (χ2v) is 8.11. The van der Waals surface area contributed by atoms with Crippen molar-refractivity contribution in [2.45, 2.75) is 38.0 Å². The van der Waals surface area contributed by atoms with Gasteiger partial charge < -0.3 is 9.47 Å². The van der Waals surface area contributed by atoms with Crippen molar-refractivity contribution in [1.29, 1.82) is 0 Å². The monoisotopic (exact) mass is 315 g/mol. The highest BCUT2D eigenvalue weighted by atomic mass is 32.2. The lowest BCUT2D eigenvalue weighted by Crippen LogP contribution is -2.57. The van der Waals surface area contributed by atoms with Gasteiger partial charge in [0.2, 0.25) is 10.0 Å². The Morgan fingerprint density at radius 3 is 2.86 bits per heavy atom. The fraction of sp³-hybridized carbons (Fsp3) is 0.786. The first-order chi connectivity index (χ1) is 9.78. The Hall–Kier alpha value is -0.920. The van der Waals surface area contributed by atoms with E-state index >= 15 is 0 Å². The third-order valence-corrected chi connectivity index (χ3v) is 6.15. The molecule has 0 amide bonds. The zero-order chi connectivity index (χ0) is 15.4. The Labute approximate surface area is 125 Å². The Balaban J connectivity index is 1.91. The highest BCUT2D eigenvalue weighted by Crippen LogP contribution is 2.52. The Morgan fingerprint density at radius 2 is 2.24 bits per heavy atom. The number of carbonyl (C=O) groups excluding carboxylic acids is 1. The molecule has 2 saturated heterocycles. The topological polar surface area (TPSA) is 72.9 Å². The van der Waals surface area contributed by atoms with Crippen molar-refractivity contribution >= 4 is 16.0 Å². The molecule has 21 heavy (non-hydrogen) atoms. The van der Waals surface area contributed by atoms with Crippen molar-refractivity contribution in [1.82, 2.24) is 4.31 Å². The van der Waals surface area contributed by atoms with Gasteiger partial charge in [0.25, 0.3) is 0 Å². The van der Waals surface area contributed by atoms with Gasteiger partial charge in [0, 0.05) is 18.5 Å². The van der Waals surface area contributed by atoms with Gasteiger partial charge in [0.15, 0.2) is 0 Å². The molecule has 3 aliphatic heterocycles. The summed E-state index contributed by atoms with van der Waals surface area (Å²) in [6.45, 7) is 4.29. The second-order valence-electron chi connectivity index (χ2n) is 6.17. The van der Waals surface area contributed by atoms with Crippen LogP contribution >= 0.6 is 0 Å². The number of esters is 1. The molecular formula is C14H21NO5S. The van der Waals surface area contributed by atoms with E-state index in [-0.39, 0.29) is 36.5 Å². The fourth-order valence-corrected chi connectivity index (χ4v) is 5.12. The van der Waals surface area contributed by atoms with Gasteiger partial charge in [-0.1, -0.05) is 12.2 Å². The lowest BCUT2D eigenvalue weighted by Gasteiger charge is -2.45. The molecule has 0 saturated carbocycles. The summed E-state index contributed by atoms with van der Waals surface area (Å²) in [6.07, 6.45) is 5.34. The first-order valence-corrected chi connectivity index (χ1v) is 9.14. The van der Waals surface area contributed by atoms with Crippen molar-refractivity contribution in [3.05, 3.63) is 12.2 Å². The number of nitrogens with zero attached hydrogens (tertiary/aromatic N) is 1. The van der Waals surface area contributed by atoms with Gasteiger partial charge in [-0.3, -0.25) is 4.79 Å². The maximum Gasteiger partial charge on any atom is 0.312 e. The van der Waals surface area contributed by atoms with E-state index < -0.39 is 15.6 Å². The molecule has 7 heteroatoms. The van der Waals surface area contributed by atoms with Crippen LogP contribution in [0.2, 0.25) is 0 Å². The summed E-state index contributed by atoms with van der Waals surface area (Å²) in [7, 11) is -3.29. The van der Waals surface area contributed by atoms with Gasteiger partial charge >= 0.3 is 5.97 Å². The minimum atomic E-state index is -3.29. The molecule has 0 aliphatic carbocycles. The van der Waals surface area contributed by atoms with Crippen LogP contribution in [0.15, 0.2) is 12.2 Å². The first kappa shape index (κ1) is 15.0. The molecule has 3 aliphatic rings. The lowest BCUT2D eigenvalue weighted by molar-refractivity contribution is -0.150. The highest BCUT2D eigenvalue weighted by Gasteiger charge is 2.62. The molecule has 118 valence electrons. The summed E-state index contributed by atoms with van der Waals surface area (Å²) >= 11 is 0. The van der Waals surface area contributed by atoms with Crippen molar-refractivity contribution in [3.8, 4) is 0 Å². The summed E-state index contributed by atoms with van der Waals surface area (Å²) in [4.78, 5) is 12.2. The third-order valence-electron chi connectivity index (χ3n) is 4.81. The number of piperidine rings is 1. The minimum absolute atomic E-state index is 0.0143. The second kappa shape index (κ2) is 4.79. The van der Waals surface area contributed by atoms with Crippen molar-refractivity contribution in [2.75, 3.05) is 19.4 Å². The van der Waals surface area contributed by atoms with E-state index in [0.29, 0.717) is 13.0 Å². The normalized spacial score (nSPS) is 42.0. The number of sulfonamides is 1. The van der Waals surface area contributed by atoms with Gasteiger partial charge in [0.05, 0.1) is 24.9 Å². The molecule has 5 atom stereocenters. The van der Waals surface area contributed by atoms with Crippen LogP contribution in [-0.2, 0) is 24.3 Å². The van der Waals surface area contributed by atoms with E-state index in [1.807, 2.05) is 19.1 Å². The van der Waals surface area contributed by atoms with Crippen LogP contribution < -0.4 is 0 Å². The SMILES string of the molecule is CCOC(=O)[C@@H]1C2C[C@H](C)N(S(C)(=O)=O)C[C@]23C=C[C@H]1O3. The maximum atomic E-state index is 12.2. The van der Waals surface area contributed by atoms with Crippen LogP contribution in [-0.4, -0.2) is 55.8 Å². The highest BCUT2D eigenvalue weighted by molar-refractivity contribution is 7.88. The number of hydrogen-bond donors (Lipinski definition) is 0. The molecular weight excluding hydrogens is 294 g/mol. The van der Waals surface area contributed by atoms with Crippen LogP contribution in [0.1, 0.15) is 20.3 Å². The van der Waals surface area contributed by atoms with E-state index in [2.05, 4.69) is 0 Å². The van der Waals surface area contributed by atoms with Gasteiger partial charge in [-0.05, 0) is 20.3 Å². The molecule has 2 fully saturated rings. The molecule has 6 nitrogen and oxygen atoms in total. The van der Waals surface area contributed by atoms with Crippen LogP contribution in [0.4, 0.5) is 0 Å². The average Bonchev–Trinajstić information content (AvgIpc) is 2.91. The van der Waals surface area contributed by atoms with E-state index in [1.54, 1.807) is 6.92 Å². The van der Waals surface area contributed by atoms with Gasteiger partial charge in [-0.25, -0.2) is 8.42 Å². The van der Waals surface area contributed by atoms with Crippen molar-refractivity contribution in [3.63, 3.8) is 0 Å². The summed E-state index contributed by atoms with van der Waals surface area (Å²) in [5, 5.41) is 0. The first-order valence-electron chi connectivity index (χ1n) is 7.29. The summed E-state index contributed by atoms with van der Waals surface area (Å²) in [5.41, 5.74) is -0.669. The van der Waals surface area contributed by atoms with E-state index in [9.17, 15) is 13.2 Å². The molecule has 1 unspecified atom stereocenters. The zero-order valence-electron chi connectivity index (χ0n) is 12.5. The molecule has 0 aromatic rings. The fourth-order valence-electron chi connectivity index (χ4n) is 3.95. The van der Waals surface area contributed by atoms with Crippen LogP contribution in [0.25, 0.3) is 0 Å². The largest absolute Gasteiger partial charge is 0.466 e. The van der Waals surface area contributed by atoms with Crippen molar-refractivity contribution < 1.29 is 22.7 Å². The van der Waals surface area contributed by atoms with Crippen LogP contribution in [0.3, 0.4) is 0 Å². The average molecular weight is 315 g/mol. The summed E-state index contributed by atoms with van der Waals surface area (Å²) in [5.74, 6) is -0.572. The molecule has 3 heterocycles. The number of ether oxygens (including phenoxy) is 2. The molecule has 0 N–H and O–H groups in total. The predicted molar refractivity (Wildman–Crippen MR) is 76.0 cm³/mol. The third kappa shape index (κ3) is 2.22. The number of carbonyl (C=O) groups is 1. The van der Waals surface area contributed by atoms with Crippen LogP contribution in [0.5, 0.6) is 0 Å². The quantitative estimate of drug-likeness (QED) is 0.561. The lowest BCUT2D eigenvalue weighted by atomic mass is 9.70. The van der Waals surface area contributed by atoms with Gasteiger partial charge in [-0.15, -0.1) is 0 Å². The smallest absolute Gasteiger partial charge is 0.312 e. The Kier molecular flexibility index (Phi) is 3.42. The van der Waals surface area contributed by atoms with Gasteiger partial charge in [-0.2, -0.15) is 4.31 Å². The molecule has 0 aromatic heterocycles. The van der Waals surface area contributed by atoms with E-state index in [4.69, 9.17) is 9.47 Å². The van der Waals surface area contributed by atoms with E-state index in [0.717, 1.165) is 0 Å². The van der Waals surface area contributed by atoms with E-state index in [1.165, 1.54) is 10.6 Å². The van der Waals surface area contributed by atoms with Crippen molar-refractivity contribution in [2.24, 2.45) is 11.8 Å². The van der Waals surface area contributed by atoms with Gasteiger partial charge in [0.1, 0.15) is 5.60 Å². The Morgan fingerprint density at radius 1 is 1.52 bits per heavy atom. The standard InChI is InChI=1S/C14H21NO5S/c1-4-19-13(16)12-10-7-9(2)15(21(3,17)18)8-14(10)6-5-11(12)20-14/h5-6,9-12H,4,7-8H2,1-3H3/t9-,10?,11+,12+,14+/m0/s1. The zero-order valence-corrected chi connectivity index (χ0v) is 13.3. The molecule has 3 rings (SSSR count). The maximum absolute atomic E-state index is 12.2.